The second-order valence-corrected chi connectivity index (χ2v) is 5.51. The zero-order valence-electron chi connectivity index (χ0n) is 9.84. The van der Waals surface area contributed by atoms with Gasteiger partial charge in [0, 0.05) is 16.1 Å². The third kappa shape index (κ3) is 4.22. The van der Waals surface area contributed by atoms with E-state index in [4.69, 9.17) is 5.73 Å². The second kappa shape index (κ2) is 6.36. The summed E-state index contributed by atoms with van der Waals surface area (Å²) in [6.45, 7) is 4.37. The average molecular weight is 288 g/mol. The number of nitrogens with two attached hydrogens (primary N) is 1. The lowest BCUT2D eigenvalue weighted by atomic mass is 9.98. The van der Waals surface area contributed by atoms with Gasteiger partial charge in [0.1, 0.15) is 5.82 Å². The Balaban J connectivity index is 2.58. The molecule has 1 atom stereocenters. The molecule has 1 aromatic rings. The lowest BCUT2D eigenvalue weighted by molar-refractivity contribution is 0.493. The fourth-order valence-corrected chi connectivity index (χ4v) is 2.08. The van der Waals surface area contributed by atoms with Crippen LogP contribution in [-0.2, 0) is 0 Å². The third-order valence-electron chi connectivity index (χ3n) is 2.65. The molecule has 0 fully saturated rings. The van der Waals surface area contributed by atoms with Crippen LogP contribution in [0.4, 0.5) is 4.39 Å². The molecular formula is C13H19BrFN. The Morgan fingerprint density at radius 3 is 2.62 bits per heavy atom. The van der Waals surface area contributed by atoms with E-state index >= 15 is 0 Å². The molecular weight excluding hydrogens is 269 g/mol. The maximum Gasteiger partial charge on any atom is 0.128 e. The molecule has 1 unspecified atom stereocenters. The first-order valence-corrected chi connectivity index (χ1v) is 6.50. The zero-order chi connectivity index (χ0) is 12.1. The molecule has 0 heterocycles. The Morgan fingerprint density at radius 1 is 1.31 bits per heavy atom. The van der Waals surface area contributed by atoms with Crippen LogP contribution < -0.4 is 5.73 Å². The minimum atomic E-state index is -0.208. The molecule has 16 heavy (non-hydrogen) atoms. The molecule has 1 rings (SSSR count). The van der Waals surface area contributed by atoms with Crippen molar-refractivity contribution in [2.75, 3.05) is 0 Å². The van der Waals surface area contributed by atoms with Crippen molar-refractivity contribution in [3.63, 3.8) is 0 Å². The summed E-state index contributed by atoms with van der Waals surface area (Å²) < 4.78 is 14.4. The molecule has 0 aliphatic rings. The maximum atomic E-state index is 13.5. The summed E-state index contributed by atoms with van der Waals surface area (Å²) in [5.41, 5.74) is 6.60. The molecule has 0 amide bonds. The Labute approximate surface area is 105 Å². The molecule has 0 aliphatic carbocycles. The largest absolute Gasteiger partial charge is 0.324 e. The van der Waals surface area contributed by atoms with Crippen LogP contribution in [-0.4, -0.2) is 0 Å². The van der Waals surface area contributed by atoms with Gasteiger partial charge in [0.15, 0.2) is 0 Å². The highest BCUT2D eigenvalue weighted by Gasteiger charge is 2.11. The molecule has 0 aromatic heterocycles. The number of hydrogen-bond donors (Lipinski definition) is 1. The molecule has 0 radical (unpaired) electrons. The molecule has 3 heteroatoms. The van der Waals surface area contributed by atoms with E-state index < -0.39 is 0 Å². The minimum Gasteiger partial charge on any atom is -0.324 e. The topological polar surface area (TPSA) is 26.0 Å². The zero-order valence-corrected chi connectivity index (χ0v) is 11.4. The van der Waals surface area contributed by atoms with Gasteiger partial charge in [-0.2, -0.15) is 0 Å². The van der Waals surface area contributed by atoms with Crippen molar-refractivity contribution in [3.05, 3.63) is 34.1 Å². The lowest BCUT2D eigenvalue weighted by Gasteiger charge is -2.14. The highest BCUT2D eigenvalue weighted by Crippen LogP contribution is 2.24. The van der Waals surface area contributed by atoms with Crippen LogP contribution in [0.25, 0.3) is 0 Å². The van der Waals surface area contributed by atoms with E-state index in [1.807, 2.05) is 0 Å². The molecule has 2 N–H and O–H groups in total. The van der Waals surface area contributed by atoms with Gasteiger partial charge in [-0.25, -0.2) is 4.39 Å². The average Bonchev–Trinajstić information content (AvgIpc) is 2.21. The maximum absolute atomic E-state index is 13.5. The Morgan fingerprint density at radius 2 is 2.00 bits per heavy atom. The van der Waals surface area contributed by atoms with Crippen molar-refractivity contribution >= 4 is 15.9 Å². The predicted molar refractivity (Wildman–Crippen MR) is 69.7 cm³/mol. The van der Waals surface area contributed by atoms with Crippen molar-refractivity contribution in [1.29, 1.82) is 0 Å². The quantitative estimate of drug-likeness (QED) is 0.853. The third-order valence-corrected chi connectivity index (χ3v) is 3.15. The van der Waals surface area contributed by atoms with Crippen molar-refractivity contribution < 1.29 is 4.39 Å². The second-order valence-electron chi connectivity index (χ2n) is 4.60. The molecule has 0 aliphatic heterocycles. The van der Waals surface area contributed by atoms with Crippen LogP contribution in [0, 0.1) is 11.7 Å². The van der Waals surface area contributed by atoms with E-state index in [-0.39, 0.29) is 11.9 Å². The summed E-state index contributed by atoms with van der Waals surface area (Å²) in [7, 11) is 0. The van der Waals surface area contributed by atoms with E-state index in [1.165, 1.54) is 6.07 Å². The summed E-state index contributed by atoms with van der Waals surface area (Å²) in [5, 5.41) is 0. The number of halogens is 2. The fraction of sp³-hybridized carbons (Fsp3) is 0.538. The monoisotopic (exact) mass is 287 g/mol. The smallest absolute Gasteiger partial charge is 0.128 e. The van der Waals surface area contributed by atoms with Gasteiger partial charge >= 0.3 is 0 Å². The van der Waals surface area contributed by atoms with Gasteiger partial charge in [-0.05, 0) is 30.5 Å². The predicted octanol–water partition coefficient (Wildman–Crippen LogP) is 4.41. The number of benzene rings is 1. The van der Waals surface area contributed by atoms with Gasteiger partial charge in [-0.1, -0.05) is 42.6 Å². The van der Waals surface area contributed by atoms with Crippen molar-refractivity contribution in [1.82, 2.24) is 0 Å². The summed E-state index contributed by atoms with van der Waals surface area (Å²) >= 11 is 3.33. The van der Waals surface area contributed by atoms with Gasteiger partial charge in [0.05, 0.1) is 0 Å². The van der Waals surface area contributed by atoms with Crippen LogP contribution in [0.2, 0.25) is 0 Å². The van der Waals surface area contributed by atoms with E-state index in [0.29, 0.717) is 11.5 Å². The first-order valence-electron chi connectivity index (χ1n) is 5.71. The Hall–Kier alpha value is -0.410. The van der Waals surface area contributed by atoms with Gasteiger partial charge in [0.25, 0.3) is 0 Å². The van der Waals surface area contributed by atoms with Crippen molar-refractivity contribution in [2.45, 2.75) is 39.2 Å². The number of rotatable bonds is 5. The van der Waals surface area contributed by atoms with Crippen LogP contribution in [0.15, 0.2) is 22.7 Å². The lowest BCUT2D eigenvalue weighted by Crippen LogP contribution is -2.12. The Kier molecular flexibility index (Phi) is 5.42. The van der Waals surface area contributed by atoms with E-state index in [2.05, 4.69) is 29.8 Å². The molecule has 1 aromatic carbocycles. The standard InChI is InChI=1S/C13H19BrFN/c1-9(2)4-3-5-13(16)11-8-10(14)6-7-12(11)15/h6-9,13H,3-5,16H2,1-2H3. The minimum absolute atomic E-state index is 0.198. The highest BCUT2D eigenvalue weighted by molar-refractivity contribution is 9.10. The van der Waals surface area contributed by atoms with Crippen molar-refractivity contribution in [2.24, 2.45) is 11.7 Å². The Bertz CT molecular complexity index is 339. The fourth-order valence-electron chi connectivity index (χ4n) is 1.70. The van der Waals surface area contributed by atoms with Crippen LogP contribution in [0.1, 0.15) is 44.7 Å². The van der Waals surface area contributed by atoms with Gasteiger partial charge < -0.3 is 5.73 Å². The summed E-state index contributed by atoms with van der Waals surface area (Å²) in [5.74, 6) is 0.472. The summed E-state index contributed by atoms with van der Waals surface area (Å²) in [6.07, 6.45) is 3.03. The molecule has 0 spiro atoms. The molecule has 0 saturated heterocycles. The van der Waals surface area contributed by atoms with E-state index in [1.54, 1.807) is 12.1 Å². The van der Waals surface area contributed by atoms with Crippen LogP contribution in [0.3, 0.4) is 0 Å². The van der Waals surface area contributed by atoms with Gasteiger partial charge in [-0.3, -0.25) is 0 Å². The molecule has 0 saturated carbocycles. The molecule has 1 nitrogen and oxygen atoms in total. The summed E-state index contributed by atoms with van der Waals surface area (Å²) in [6, 6.07) is 4.73. The molecule has 0 bridgehead atoms. The summed E-state index contributed by atoms with van der Waals surface area (Å²) in [4.78, 5) is 0. The molecule has 90 valence electrons. The highest BCUT2D eigenvalue weighted by atomic mass is 79.9. The SMILES string of the molecule is CC(C)CCCC(N)c1cc(Br)ccc1F. The van der Waals surface area contributed by atoms with Crippen LogP contribution in [0.5, 0.6) is 0 Å². The van der Waals surface area contributed by atoms with Crippen molar-refractivity contribution in [3.8, 4) is 0 Å². The van der Waals surface area contributed by atoms with E-state index in [0.717, 1.165) is 23.7 Å². The van der Waals surface area contributed by atoms with E-state index in [9.17, 15) is 4.39 Å². The van der Waals surface area contributed by atoms with Gasteiger partial charge in [0.2, 0.25) is 0 Å². The van der Waals surface area contributed by atoms with Crippen LogP contribution >= 0.6 is 15.9 Å². The normalized spacial score (nSPS) is 13.1. The first kappa shape index (κ1) is 13.7. The van der Waals surface area contributed by atoms with Gasteiger partial charge in [-0.15, -0.1) is 0 Å². The number of hydrogen-bond acceptors (Lipinski definition) is 1. The first-order chi connectivity index (χ1) is 7.50.